The zero-order valence-corrected chi connectivity index (χ0v) is 19.2. The van der Waals surface area contributed by atoms with Gasteiger partial charge in [0, 0.05) is 25.6 Å². The zero-order valence-electron chi connectivity index (χ0n) is 19.2. The number of halogens is 1. The van der Waals surface area contributed by atoms with E-state index in [0.29, 0.717) is 38.7 Å². The van der Waals surface area contributed by atoms with E-state index >= 15 is 0 Å². The van der Waals surface area contributed by atoms with Crippen LogP contribution in [0.4, 0.5) is 15.1 Å². The number of hydrogen-bond acceptors (Lipinski definition) is 3. The number of nitrogens with one attached hydrogen (secondary N) is 3. The highest BCUT2D eigenvalue weighted by atomic mass is 19.1. The molecule has 0 aliphatic carbocycles. The van der Waals surface area contributed by atoms with Crippen LogP contribution in [-0.2, 0) is 11.3 Å². The number of benzene rings is 2. The maximum absolute atomic E-state index is 13.2. The minimum atomic E-state index is -0.309. The van der Waals surface area contributed by atoms with Crippen molar-refractivity contribution in [1.82, 2.24) is 14.8 Å². The highest BCUT2D eigenvalue weighted by molar-refractivity contribution is 5.88. The van der Waals surface area contributed by atoms with Crippen molar-refractivity contribution in [1.29, 1.82) is 0 Å². The van der Waals surface area contributed by atoms with Crippen molar-refractivity contribution < 1.29 is 23.7 Å². The number of amides is 3. The first-order valence-corrected chi connectivity index (χ1v) is 11.7. The van der Waals surface area contributed by atoms with E-state index in [1.165, 1.54) is 6.92 Å². The van der Waals surface area contributed by atoms with Crippen molar-refractivity contribution in [2.75, 3.05) is 38.2 Å². The Balaban J connectivity index is 1.36. The Kier molecular flexibility index (Phi) is 6.08. The normalized spacial score (nSPS) is 16.6. The molecule has 1 saturated heterocycles. The number of H-pyrrole nitrogens is 2. The molecule has 3 aromatic rings. The van der Waals surface area contributed by atoms with Gasteiger partial charge in [-0.05, 0) is 54.2 Å². The molecule has 3 amide bonds. The summed E-state index contributed by atoms with van der Waals surface area (Å²) in [6.07, 6.45) is 1.44. The topological polar surface area (TPSA) is 91.8 Å². The summed E-state index contributed by atoms with van der Waals surface area (Å²) in [7, 11) is 0. The number of fused-ring (bicyclic) bond motifs is 2. The molecular weight excluding hydrogens is 437 g/mol. The average Bonchev–Trinajstić information content (AvgIpc) is 3.11. The number of aromatic amines is 2. The van der Waals surface area contributed by atoms with Crippen molar-refractivity contribution in [2.24, 2.45) is 5.92 Å². The number of rotatable bonds is 3. The summed E-state index contributed by atoms with van der Waals surface area (Å²) in [4.78, 5) is 34.5. The van der Waals surface area contributed by atoms with E-state index in [9.17, 15) is 14.0 Å². The molecule has 5 rings (SSSR count). The van der Waals surface area contributed by atoms with Crippen molar-refractivity contribution in [2.45, 2.75) is 26.3 Å². The van der Waals surface area contributed by atoms with Gasteiger partial charge in [0.1, 0.15) is 23.4 Å². The molecule has 34 heavy (non-hydrogen) atoms. The van der Waals surface area contributed by atoms with E-state index in [1.807, 2.05) is 40.1 Å². The van der Waals surface area contributed by atoms with Gasteiger partial charge in [0.15, 0.2) is 0 Å². The molecule has 9 heteroatoms. The van der Waals surface area contributed by atoms with Crippen molar-refractivity contribution in [3.63, 3.8) is 0 Å². The lowest BCUT2D eigenvalue weighted by atomic mass is 9.98. The third-order valence-electron chi connectivity index (χ3n) is 6.59. The number of likely N-dealkylation sites (tertiary alicyclic amines) is 1. The number of carbonyl (C=O) groups excluding carboxylic acids is 2. The van der Waals surface area contributed by atoms with Crippen LogP contribution < -0.4 is 15.0 Å². The van der Waals surface area contributed by atoms with Gasteiger partial charge in [0.2, 0.25) is 0 Å². The van der Waals surface area contributed by atoms with Crippen molar-refractivity contribution in [3.05, 3.63) is 42.0 Å². The average molecular weight is 467 g/mol. The molecule has 0 bridgehead atoms. The highest BCUT2D eigenvalue weighted by Gasteiger charge is 2.28. The van der Waals surface area contributed by atoms with Gasteiger partial charge in [0.25, 0.3) is 5.91 Å². The van der Waals surface area contributed by atoms with E-state index in [0.717, 1.165) is 46.3 Å². The first-order chi connectivity index (χ1) is 16.5. The van der Waals surface area contributed by atoms with Crippen LogP contribution in [-0.4, -0.2) is 59.6 Å². The Hall–Kier alpha value is -3.62. The molecule has 2 aromatic carbocycles. The molecule has 0 spiro atoms. The van der Waals surface area contributed by atoms with Crippen LogP contribution in [0, 0.1) is 5.92 Å². The second-order valence-corrected chi connectivity index (χ2v) is 9.03. The van der Waals surface area contributed by atoms with Gasteiger partial charge < -0.3 is 14.5 Å². The molecule has 0 unspecified atom stereocenters. The Morgan fingerprint density at radius 1 is 1.12 bits per heavy atom. The Morgan fingerprint density at radius 3 is 2.65 bits per heavy atom. The first-order valence-electron chi connectivity index (χ1n) is 11.7. The number of nitrogens with zero attached hydrogens (tertiary/aromatic N) is 2. The Labute approximate surface area is 197 Å². The fourth-order valence-electron chi connectivity index (χ4n) is 4.69. The van der Waals surface area contributed by atoms with E-state index in [4.69, 9.17) is 4.74 Å². The van der Waals surface area contributed by atoms with Crippen LogP contribution in [0.15, 0.2) is 36.4 Å². The smallest absolute Gasteiger partial charge is 0.360 e. The van der Waals surface area contributed by atoms with Crippen molar-refractivity contribution in [3.8, 4) is 16.9 Å². The van der Waals surface area contributed by atoms with Crippen LogP contribution >= 0.6 is 0 Å². The van der Waals surface area contributed by atoms with Gasteiger partial charge in [0.05, 0.1) is 19.8 Å². The second kappa shape index (κ2) is 9.32. The van der Waals surface area contributed by atoms with Gasteiger partial charge in [-0.2, -0.15) is 0 Å². The second-order valence-electron chi connectivity index (χ2n) is 9.03. The standard InChI is InChI=1S/C25H28FN5O3/c1-16(32)27-24-28-21-4-2-19(13-22(21)29-24)18-3-5-23-20(12-18)15-31(10-11-34-23)25(33)30-8-6-17(14-26)7-9-30/h2-5,12-13,17H,6-11,14-15H2,1H3,(H2,27,28,29,32)/p+1. The van der Waals surface area contributed by atoms with Crippen LogP contribution in [0.3, 0.4) is 0 Å². The summed E-state index contributed by atoms with van der Waals surface area (Å²) in [5, 5.41) is 2.72. The summed E-state index contributed by atoms with van der Waals surface area (Å²) in [5.74, 6) is 1.25. The minimum Gasteiger partial charge on any atom is -0.491 e. The largest absolute Gasteiger partial charge is 0.491 e. The molecule has 0 saturated carbocycles. The van der Waals surface area contributed by atoms with E-state index in [2.05, 4.69) is 21.4 Å². The molecule has 178 valence electrons. The quantitative estimate of drug-likeness (QED) is 0.618. The molecule has 0 radical (unpaired) electrons. The number of urea groups is 1. The zero-order chi connectivity index (χ0) is 23.7. The number of carbonyl (C=O) groups is 2. The first kappa shape index (κ1) is 22.2. The summed E-state index contributed by atoms with van der Waals surface area (Å²) in [6, 6.07) is 12.0. The number of imidazole rings is 1. The lowest BCUT2D eigenvalue weighted by Crippen LogP contribution is -2.47. The van der Waals surface area contributed by atoms with Gasteiger partial charge in [-0.25, -0.2) is 20.1 Å². The molecule has 2 aliphatic heterocycles. The fraction of sp³-hybridized carbons (Fsp3) is 0.400. The minimum absolute atomic E-state index is 0.00648. The van der Waals surface area contributed by atoms with E-state index in [1.54, 1.807) is 0 Å². The van der Waals surface area contributed by atoms with Crippen LogP contribution in [0.2, 0.25) is 0 Å². The number of alkyl halides is 1. The predicted octanol–water partition coefficient (Wildman–Crippen LogP) is 3.60. The summed E-state index contributed by atoms with van der Waals surface area (Å²) >= 11 is 0. The molecular formula is C25H29FN5O3+. The highest BCUT2D eigenvalue weighted by Crippen LogP contribution is 2.31. The molecule has 8 nitrogen and oxygen atoms in total. The lowest BCUT2D eigenvalue weighted by molar-refractivity contribution is -0.326. The summed E-state index contributed by atoms with van der Waals surface area (Å²) < 4.78 is 18.9. The van der Waals surface area contributed by atoms with E-state index in [-0.39, 0.29) is 24.5 Å². The number of anilines is 1. The predicted molar refractivity (Wildman–Crippen MR) is 126 cm³/mol. The van der Waals surface area contributed by atoms with Gasteiger partial charge >= 0.3 is 12.0 Å². The number of hydrogen-bond donors (Lipinski definition) is 2. The van der Waals surface area contributed by atoms with Crippen LogP contribution in [0.25, 0.3) is 22.2 Å². The Bertz CT molecular complexity index is 1220. The SMILES string of the molecule is CC(=O)Nc1[nH]c2cc(-c3ccc4c(c3)CN(C(=O)N3CCC(CF)CC3)CCO4)ccc2[nH+]1. The number of piperidine rings is 1. The lowest BCUT2D eigenvalue weighted by Gasteiger charge is -2.34. The number of ether oxygens (including phenoxy) is 1. The van der Waals surface area contributed by atoms with Gasteiger partial charge in [-0.3, -0.25) is 9.18 Å². The molecule has 3 N–H and O–H groups in total. The van der Waals surface area contributed by atoms with Gasteiger partial charge in [-0.1, -0.05) is 12.1 Å². The van der Waals surface area contributed by atoms with Crippen LogP contribution in [0.5, 0.6) is 5.75 Å². The summed E-state index contributed by atoms with van der Waals surface area (Å²) in [5.41, 5.74) is 4.74. The van der Waals surface area contributed by atoms with E-state index < -0.39 is 0 Å². The third kappa shape index (κ3) is 4.55. The monoisotopic (exact) mass is 466 g/mol. The fourth-order valence-corrected chi connectivity index (χ4v) is 4.69. The maximum Gasteiger partial charge on any atom is 0.360 e. The summed E-state index contributed by atoms with van der Waals surface area (Å²) in [6.45, 7) is 3.78. The maximum atomic E-state index is 13.2. The molecule has 1 fully saturated rings. The van der Waals surface area contributed by atoms with Gasteiger partial charge in [-0.15, -0.1) is 0 Å². The molecule has 2 aliphatic rings. The van der Waals surface area contributed by atoms with Crippen molar-refractivity contribution >= 4 is 28.9 Å². The van der Waals surface area contributed by atoms with Crippen LogP contribution in [0.1, 0.15) is 25.3 Å². The Morgan fingerprint density at radius 2 is 1.88 bits per heavy atom. The third-order valence-corrected chi connectivity index (χ3v) is 6.59. The number of aromatic nitrogens is 2. The molecule has 3 heterocycles. The molecule has 0 atom stereocenters. The molecule has 1 aromatic heterocycles.